The summed E-state index contributed by atoms with van der Waals surface area (Å²) in [5, 5.41) is 3.07. The third-order valence-corrected chi connectivity index (χ3v) is 3.39. The quantitative estimate of drug-likeness (QED) is 0.889. The van der Waals surface area contributed by atoms with Crippen molar-refractivity contribution in [2.75, 3.05) is 26.7 Å². The number of hydrogen-bond donors (Lipinski definition) is 1. The van der Waals surface area contributed by atoms with Gasteiger partial charge in [-0.2, -0.15) is 0 Å². The van der Waals surface area contributed by atoms with Gasteiger partial charge in [0.05, 0.1) is 0 Å². The molecule has 1 aromatic rings. The van der Waals surface area contributed by atoms with Crippen LogP contribution in [-0.4, -0.2) is 37.5 Å². The molecule has 0 unspecified atom stereocenters. The minimum Gasteiger partial charge on any atom is -0.456 e. The summed E-state index contributed by atoms with van der Waals surface area (Å²) in [6.07, 6.45) is 5.51. The van der Waals surface area contributed by atoms with Crippen LogP contribution in [0, 0.1) is 0 Å². The fourth-order valence-electron chi connectivity index (χ4n) is 2.31. The minimum atomic E-state index is 0.0487. The van der Waals surface area contributed by atoms with Gasteiger partial charge in [-0.25, -0.2) is 0 Å². The second-order valence-corrected chi connectivity index (χ2v) is 4.83. The van der Waals surface area contributed by atoms with Gasteiger partial charge in [0.25, 0.3) is 5.91 Å². The molecule has 2 rings (SSSR count). The molecule has 0 spiro atoms. The van der Waals surface area contributed by atoms with E-state index in [2.05, 4.69) is 5.32 Å². The van der Waals surface area contributed by atoms with Gasteiger partial charge in [0.1, 0.15) is 5.76 Å². The number of nitrogens with zero attached hydrogens (tertiary/aromatic N) is 1. The summed E-state index contributed by atoms with van der Waals surface area (Å²) in [5.74, 6) is 1.41. The third kappa shape index (κ3) is 3.35. The molecule has 1 saturated heterocycles. The van der Waals surface area contributed by atoms with Crippen LogP contribution in [0.1, 0.15) is 42.0 Å². The highest BCUT2D eigenvalue weighted by atomic mass is 16.4. The van der Waals surface area contributed by atoms with Crippen molar-refractivity contribution in [3.05, 3.63) is 23.7 Å². The fourth-order valence-corrected chi connectivity index (χ4v) is 2.31. The van der Waals surface area contributed by atoms with Crippen LogP contribution in [0.4, 0.5) is 0 Å². The van der Waals surface area contributed by atoms with Gasteiger partial charge in [0.2, 0.25) is 0 Å². The molecule has 4 nitrogen and oxygen atoms in total. The maximum absolute atomic E-state index is 12.3. The van der Waals surface area contributed by atoms with Crippen molar-refractivity contribution in [1.82, 2.24) is 10.2 Å². The summed E-state index contributed by atoms with van der Waals surface area (Å²) in [6.45, 7) is 2.60. The Morgan fingerprint density at radius 1 is 1.28 bits per heavy atom. The van der Waals surface area contributed by atoms with E-state index in [-0.39, 0.29) is 5.91 Å². The first kappa shape index (κ1) is 13.1. The predicted molar refractivity (Wildman–Crippen MR) is 70.7 cm³/mol. The van der Waals surface area contributed by atoms with Crippen molar-refractivity contribution in [1.29, 1.82) is 0 Å². The average molecular weight is 250 g/mol. The molecule has 0 aromatic carbocycles. The van der Waals surface area contributed by atoms with E-state index >= 15 is 0 Å². The Balaban J connectivity index is 1.96. The van der Waals surface area contributed by atoms with Crippen molar-refractivity contribution < 1.29 is 9.21 Å². The molecule has 1 N–H and O–H groups in total. The zero-order valence-electron chi connectivity index (χ0n) is 11.1. The van der Waals surface area contributed by atoms with E-state index in [1.165, 1.54) is 12.8 Å². The molecular weight excluding hydrogens is 228 g/mol. The number of carbonyl (C=O) groups is 1. The average Bonchev–Trinajstić information content (AvgIpc) is 2.69. The normalized spacial score (nSPS) is 16.6. The lowest BCUT2D eigenvalue weighted by molar-refractivity contribution is 0.0728. The van der Waals surface area contributed by atoms with Crippen LogP contribution in [0.3, 0.4) is 0 Å². The molecule has 1 fully saturated rings. The lowest BCUT2D eigenvalue weighted by Crippen LogP contribution is -2.31. The van der Waals surface area contributed by atoms with Gasteiger partial charge in [-0.05, 0) is 32.0 Å². The molecule has 18 heavy (non-hydrogen) atoms. The van der Waals surface area contributed by atoms with Crippen LogP contribution in [0.2, 0.25) is 0 Å². The molecule has 1 aliphatic heterocycles. The van der Waals surface area contributed by atoms with Gasteiger partial charge >= 0.3 is 0 Å². The van der Waals surface area contributed by atoms with Gasteiger partial charge in [0.15, 0.2) is 5.76 Å². The molecule has 0 saturated carbocycles. The van der Waals surface area contributed by atoms with Crippen LogP contribution in [0.25, 0.3) is 0 Å². The first-order valence-corrected chi connectivity index (χ1v) is 6.84. The second-order valence-electron chi connectivity index (χ2n) is 4.83. The Morgan fingerprint density at radius 3 is 2.67 bits per heavy atom. The molecule has 100 valence electrons. The zero-order chi connectivity index (χ0) is 12.8. The molecule has 4 heteroatoms. The Labute approximate surface area is 108 Å². The maximum atomic E-state index is 12.3. The number of rotatable bonds is 4. The highest BCUT2D eigenvalue weighted by Gasteiger charge is 2.20. The number of amides is 1. The van der Waals surface area contributed by atoms with E-state index in [4.69, 9.17) is 4.42 Å². The van der Waals surface area contributed by atoms with Crippen LogP contribution >= 0.6 is 0 Å². The van der Waals surface area contributed by atoms with Crippen molar-refractivity contribution in [3.63, 3.8) is 0 Å². The Morgan fingerprint density at radius 2 is 2.00 bits per heavy atom. The van der Waals surface area contributed by atoms with Crippen molar-refractivity contribution in [3.8, 4) is 0 Å². The lowest BCUT2D eigenvalue weighted by Gasteiger charge is -2.18. The summed E-state index contributed by atoms with van der Waals surface area (Å²) >= 11 is 0. The van der Waals surface area contributed by atoms with Gasteiger partial charge in [0, 0.05) is 26.1 Å². The molecule has 0 bridgehead atoms. The molecule has 0 radical (unpaired) electrons. The first-order valence-electron chi connectivity index (χ1n) is 6.84. The van der Waals surface area contributed by atoms with Crippen LogP contribution in [0.15, 0.2) is 16.5 Å². The Bertz CT molecular complexity index is 379. The van der Waals surface area contributed by atoms with E-state index in [0.29, 0.717) is 5.76 Å². The molecule has 1 aromatic heterocycles. The third-order valence-electron chi connectivity index (χ3n) is 3.39. The molecule has 1 aliphatic rings. The maximum Gasteiger partial charge on any atom is 0.289 e. The SMILES string of the molecule is CNCCc1ccc(C(=O)N2CCCCCC2)o1. The predicted octanol–water partition coefficient (Wildman–Crippen LogP) is 2.06. The van der Waals surface area contributed by atoms with Gasteiger partial charge in [-0.1, -0.05) is 12.8 Å². The highest BCUT2D eigenvalue weighted by molar-refractivity contribution is 5.91. The molecule has 1 amide bonds. The van der Waals surface area contributed by atoms with E-state index in [9.17, 15) is 4.79 Å². The number of likely N-dealkylation sites (N-methyl/N-ethyl adjacent to an activating group) is 1. The zero-order valence-corrected chi connectivity index (χ0v) is 11.1. The number of hydrogen-bond acceptors (Lipinski definition) is 3. The molecule has 2 heterocycles. The van der Waals surface area contributed by atoms with Crippen LogP contribution < -0.4 is 5.32 Å². The topological polar surface area (TPSA) is 45.5 Å². The summed E-state index contributed by atoms with van der Waals surface area (Å²) in [7, 11) is 1.91. The van der Waals surface area contributed by atoms with Crippen LogP contribution in [-0.2, 0) is 6.42 Å². The van der Waals surface area contributed by atoms with E-state index < -0.39 is 0 Å². The summed E-state index contributed by atoms with van der Waals surface area (Å²) < 4.78 is 5.61. The Hall–Kier alpha value is -1.29. The van der Waals surface area contributed by atoms with E-state index in [1.807, 2.05) is 18.0 Å². The van der Waals surface area contributed by atoms with Crippen LogP contribution in [0.5, 0.6) is 0 Å². The number of carbonyl (C=O) groups excluding carboxylic acids is 1. The Kier molecular flexibility index (Phi) is 4.81. The summed E-state index contributed by atoms with van der Waals surface area (Å²) in [4.78, 5) is 14.2. The standard InChI is InChI=1S/C14H22N2O2/c1-15-9-8-12-6-7-13(18-12)14(17)16-10-4-2-3-5-11-16/h6-7,15H,2-5,8-11H2,1H3. The summed E-state index contributed by atoms with van der Waals surface area (Å²) in [6, 6.07) is 3.71. The number of furan rings is 1. The van der Waals surface area contributed by atoms with E-state index in [1.54, 1.807) is 6.07 Å². The van der Waals surface area contributed by atoms with Crippen molar-refractivity contribution in [2.24, 2.45) is 0 Å². The van der Waals surface area contributed by atoms with Crippen molar-refractivity contribution in [2.45, 2.75) is 32.1 Å². The minimum absolute atomic E-state index is 0.0487. The largest absolute Gasteiger partial charge is 0.456 e. The monoisotopic (exact) mass is 250 g/mol. The number of likely N-dealkylation sites (tertiary alicyclic amines) is 1. The molecular formula is C14H22N2O2. The smallest absolute Gasteiger partial charge is 0.289 e. The number of nitrogens with one attached hydrogen (secondary N) is 1. The van der Waals surface area contributed by atoms with Gasteiger partial charge in [-0.3, -0.25) is 4.79 Å². The van der Waals surface area contributed by atoms with Gasteiger partial charge < -0.3 is 14.6 Å². The highest BCUT2D eigenvalue weighted by Crippen LogP contribution is 2.15. The second kappa shape index (κ2) is 6.59. The lowest BCUT2D eigenvalue weighted by atomic mass is 10.2. The van der Waals surface area contributed by atoms with Crippen molar-refractivity contribution >= 4 is 5.91 Å². The summed E-state index contributed by atoms with van der Waals surface area (Å²) in [5.41, 5.74) is 0. The fraction of sp³-hybridized carbons (Fsp3) is 0.643. The first-order chi connectivity index (χ1) is 8.81. The van der Waals surface area contributed by atoms with Gasteiger partial charge in [-0.15, -0.1) is 0 Å². The van der Waals surface area contributed by atoms with E-state index in [0.717, 1.165) is 44.7 Å². The molecule has 0 aliphatic carbocycles. The molecule has 0 atom stereocenters.